The van der Waals surface area contributed by atoms with E-state index in [1.165, 1.54) is 16.7 Å². The highest BCUT2D eigenvalue weighted by Gasteiger charge is 2.28. The number of morpholine rings is 1. The minimum atomic E-state index is 0.117. The van der Waals surface area contributed by atoms with Crippen LogP contribution in [0.4, 0.5) is 11.5 Å². The van der Waals surface area contributed by atoms with Crippen LogP contribution in [0.25, 0.3) is 22.0 Å². The van der Waals surface area contributed by atoms with E-state index in [1.807, 2.05) is 11.0 Å². The fourth-order valence-electron chi connectivity index (χ4n) is 5.56. The van der Waals surface area contributed by atoms with Gasteiger partial charge in [-0.3, -0.25) is 4.79 Å². The molecule has 2 unspecified atom stereocenters. The van der Waals surface area contributed by atoms with Gasteiger partial charge < -0.3 is 25.0 Å². The second-order valence-corrected chi connectivity index (χ2v) is 9.56. The average molecular weight is 475 g/mol. The Morgan fingerprint density at radius 1 is 1.23 bits per heavy atom. The van der Waals surface area contributed by atoms with Crippen molar-refractivity contribution in [2.24, 2.45) is 0 Å². The Labute approximate surface area is 206 Å². The van der Waals surface area contributed by atoms with Gasteiger partial charge in [0.1, 0.15) is 5.82 Å². The average Bonchev–Trinajstić information content (AvgIpc) is 3.36. The first-order valence-electron chi connectivity index (χ1n) is 12.5. The molecule has 2 N–H and O–H groups in total. The molecular weight excluding hydrogens is 440 g/mol. The standard InChI is InChI=1S/C28H34N4O3/c1-19-5-3-6-23(25-7-4-11-32(25)18-33)27(19)20-8-9-24-21(15-20)16-26(28(29)30-24)31-12-14-35-22(17-31)10-13-34-2/h3,5-6,8-9,15-16,18,22,25H,4,7,10-14,17H2,1-2H3,(H2,29,30). The molecule has 0 saturated carbocycles. The number of nitrogen functional groups attached to an aromatic ring is 1. The highest BCUT2D eigenvalue weighted by Crippen LogP contribution is 2.40. The smallest absolute Gasteiger partial charge is 0.210 e. The highest BCUT2D eigenvalue weighted by molar-refractivity contribution is 5.91. The van der Waals surface area contributed by atoms with Crippen LogP contribution in [0.1, 0.15) is 36.4 Å². The third kappa shape index (κ3) is 4.70. The van der Waals surface area contributed by atoms with Gasteiger partial charge in [-0.25, -0.2) is 4.98 Å². The molecule has 7 nitrogen and oxygen atoms in total. The lowest BCUT2D eigenvalue weighted by Crippen LogP contribution is -2.43. The zero-order valence-electron chi connectivity index (χ0n) is 20.6. The summed E-state index contributed by atoms with van der Waals surface area (Å²) in [5, 5.41) is 1.06. The van der Waals surface area contributed by atoms with Crippen molar-refractivity contribution in [3.05, 3.63) is 53.6 Å². The summed E-state index contributed by atoms with van der Waals surface area (Å²) in [7, 11) is 1.71. The van der Waals surface area contributed by atoms with Crippen LogP contribution in [0, 0.1) is 6.92 Å². The van der Waals surface area contributed by atoms with Crippen LogP contribution in [0.5, 0.6) is 0 Å². The van der Waals surface area contributed by atoms with Crippen molar-refractivity contribution in [1.82, 2.24) is 9.88 Å². The molecule has 0 radical (unpaired) electrons. The number of hydrogen-bond acceptors (Lipinski definition) is 6. The Balaban J connectivity index is 1.52. The minimum absolute atomic E-state index is 0.117. The number of likely N-dealkylation sites (tertiary alicyclic amines) is 1. The van der Waals surface area contributed by atoms with Gasteiger partial charge in [-0.15, -0.1) is 0 Å². The molecular formula is C28H34N4O3. The number of ether oxygens (including phenoxy) is 2. The third-order valence-electron chi connectivity index (χ3n) is 7.33. The number of aryl methyl sites for hydroxylation is 1. The van der Waals surface area contributed by atoms with Gasteiger partial charge in [-0.05, 0) is 66.6 Å². The third-order valence-corrected chi connectivity index (χ3v) is 7.33. The van der Waals surface area contributed by atoms with Crippen LogP contribution >= 0.6 is 0 Å². The van der Waals surface area contributed by atoms with Crippen LogP contribution in [-0.4, -0.2) is 62.4 Å². The van der Waals surface area contributed by atoms with Crippen molar-refractivity contribution in [2.45, 2.75) is 38.3 Å². The Kier molecular flexibility index (Phi) is 6.88. The Bertz CT molecular complexity index is 1210. The van der Waals surface area contributed by atoms with Crippen molar-refractivity contribution in [3.8, 4) is 11.1 Å². The van der Waals surface area contributed by atoms with Gasteiger partial charge in [0, 0.05) is 38.7 Å². The predicted octanol–water partition coefficient (Wildman–Crippen LogP) is 4.33. The lowest BCUT2D eigenvalue weighted by Gasteiger charge is -2.35. The van der Waals surface area contributed by atoms with Crippen molar-refractivity contribution in [3.63, 3.8) is 0 Å². The van der Waals surface area contributed by atoms with Crippen LogP contribution < -0.4 is 10.6 Å². The van der Waals surface area contributed by atoms with E-state index in [9.17, 15) is 4.79 Å². The highest BCUT2D eigenvalue weighted by atomic mass is 16.5. The van der Waals surface area contributed by atoms with E-state index in [0.29, 0.717) is 19.0 Å². The summed E-state index contributed by atoms with van der Waals surface area (Å²) in [6.07, 6.45) is 3.99. The molecule has 1 amide bonds. The summed E-state index contributed by atoms with van der Waals surface area (Å²) in [5.41, 5.74) is 13.0. The Morgan fingerprint density at radius 3 is 2.94 bits per heavy atom. The van der Waals surface area contributed by atoms with Crippen LogP contribution in [-0.2, 0) is 14.3 Å². The fraction of sp³-hybridized carbons (Fsp3) is 0.429. The molecule has 0 aliphatic carbocycles. The number of amides is 1. The molecule has 0 spiro atoms. The number of carbonyl (C=O) groups excluding carboxylic acids is 1. The first kappa shape index (κ1) is 23.6. The monoisotopic (exact) mass is 474 g/mol. The minimum Gasteiger partial charge on any atom is -0.385 e. The summed E-state index contributed by atoms with van der Waals surface area (Å²) in [6.45, 7) is 5.85. The number of methoxy groups -OCH3 is 1. The lowest BCUT2D eigenvalue weighted by atomic mass is 9.89. The lowest BCUT2D eigenvalue weighted by molar-refractivity contribution is -0.118. The second-order valence-electron chi connectivity index (χ2n) is 9.56. The molecule has 3 heterocycles. The largest absolute Gasteiger partial charge is 0.385 e. The number of benzene rings is 2. The number of nitrogens with two attached hydrogens (primary N) is 1. The summed E-state index contributed by atoms with van der Waals surface area (Å²) in [6, 6.07) is 15.1. The van der Waals surface area contributed by atoms with Gasteiger partial charge >= 0.3 is 0 Å². The van der Waals surface area contributed by atoms with E-state index >= 15 is 0 Å². The van der Waals surface area contributed by atoms with Crippen molar-refractivity contribution in [2.75, 3.05) is 50.6 Å². The van der Waals surface area contributed by atoms with Crippen molar-refractivity contribution >= 4 is 28.8 Å². The molecule has 184 valence electrons. The number of aromatic nitrogens is 1. The zero-order valence-corrected chi connectivity index (χ0v) is 20.6. The maximum atomic E-state index is 11.7. The maximum absolute atomic E-state index is 11.7. The van der Waals surface area contributed by atoms with Crippen molar-refractivity contribution in [1.29, 1.82) is 0 Å². The molecule has 2 aliphatic rings. The summed E-state index contributed by atoms with van der Waals surface area (Å²) >= 11 is 0. The van der Waals surface area contributed by atoms with E-state index in [2.05, 4.69) is 48.2 Å². The number of carbonyl (C=O) groups is 1. The molecule has 0 bridgehead atoms. The predicted molar refractivity (Wildman–Crippen MR) is 140 cm³/mol. The molecule has 1 aromatic heterocycles. The van der Waals surface area contributed by atoms with Gasteiger partial charge in [0.15, 0.2) is 0 Å². The van der Waals surface area contributed by atoms with E-state index in [1.54, 1.807) is 7.11 Å². The van der Waals surface area contributed by atoms with Crippen LogP contribution in [0.3, 0.4) is 0 Å². The van der Waals surface area contributed by atoms with E-state index in [0.717, 1.165) is 67.5 Å². The molecule has 35 heavy (non-hydrogen) atoms. The first-order chi connectivity index (χ1) is 17.1. The first-order valence-corrected chi connectivity index (χ1v) is 12.5. The quantitative estimate of drug-likeness (QED) is 0.514. The molecule has 2 atom stereocenters. The van der Waals surface area contributed by atoms with E-state index in [-0.39, 0.29) is 12.1 Å². The van der Waals surface area contributed by atoms with Gasteiger partial charge in [-0.2, -0.15) is 0 Å². The van der Waals surface area contributed by atoms with E-state index < -0.39 is 0 Å². The van der Waals surface area contributed by atoms with E-state index in [4.69, 9.17) is 20.2 Å². The SMILES string of the molecule is COCCC1CN(c2cc3cc(-c4c(C)cccc4C4CCCN4C=O)ccc3nc2N)CCO1. The number of nitrogens with zero attached hydrogens (tertiary/aromatic N) is 3. The Morgan fingerprint density at radius 2 is 2.11 bits per heavy atom. The molecule has 2 fully saturated rings. The van der Waals surface area contributed by atoms with Gasteiger partial charge in [-0.1, -0.05) is 24.3 Å². The number of hydrogen-bond donors (Lipinski definition) is 1. The van der Waals surface area contributed by atoms with Gasteiger partial charge in [0.25, 0.3) is 0 Å². The van der Waals surface area contributed by atoms with Crippen LogP contribution in [0.15, 0.2) is 42.5 Å². The summed E-state index contributed by atoms with van der Waals surface area (Å²) in [4.78, 5) is 20.6. The normalized spacial score (nSPS) is 20.5. The molecule has 7 heteroatoms. The fourth-order valence-corrected chi connectivity index (χ4v) is 5.56. The molecule has 2 aromatic carbocycles. The molecule has 2 aliphatic heterocycles. The number of rotatable bonds is 7. The Hall–Kier alpha value is -3.16. The summed E-state index contributed by atoms with van der Waals surface area (Å²) in [5.74, 6) is 0.543. The molecule has 3 aromatic rings. The van der Waals surface area contributed by atoms with Gasteiger partial charge in [0.05, 0.1) is 30.0 Å². The topological polar surface area (TPSA) is 80.9 Å². The number of anilines is 2. The summed E-state index contributed by atoms with van der Waals surface area (Å²) < 4.78 is 11.2. The number of pyridine rings is 1. The van der Waals surface area contributed by atoms with Crippen molar-refractivity contribution < 1.29 is 14.3 Å². The number of fused-ring (bicyclic) bond motifs is 1. The second kappa shape index (κ2) is 10.2. The maximum Gasteiger partial charge on any atom is 0.210 e. The molecule has 2 saturated heterocycles. The zero-order chi connectivity index (χ0) is 24.4. The van der Waals surface area contributed by atoms with Crippen LogP contribution in [0.2, 0.25) is 0 Å². The molecule has 5 rings (SSSR count). The van der Waals surface area contributed by atoms with Gasteiger partial charge in [0.2, 0.25) is 6.41 Å².